The minimum absolute atomic E-state index is 0.125. The van der Waals surface area contributed by atoms with Gasteiger partial charge in [-0.3, -0.25) is 0 Å². The number of aromatic carboxylic acids is 1. The molecule has 0 aliphatic rings. The molecule has 1 unspecified atom stereocenters. The Morgan fingerprint density at radius 1 is 1.40 bits per heavy atom. The Labute approximate surface area is 123 Å². The van der Waals surface area contributed by atoms with Crippen molar-refractivity contribution in [2.75, 3.05) is 18.1 Å². The summed E-state index contributed by atoms with van der Waals surface area (Å²) in [4.78, 5) is 22.9. The van der Waals surface area contributed by atoms with Crippen molar-refractivity contribution in [1.82, 2.24) is 5.32 Å². The van der Waals surface area contributed by atoms with Gasteiger partial charge in [0.2, 0.25) is 0 Å². The molecule has 6 heteroatoms. The molecule has 0 aliphatic carbocycles. The van der Waals surface area contributed by atoms with Crippen LogP contribution in [0.1, 0.15) is 29.3 Å². The van der Waals surface area contributed by atoms with E-state index in [0.717, 1.165) is 6.42 Å². The highest BCUT2D eigenvalue weighted by atomic mass is 32.2. The van der Waals surface area contributed by atoms with Crippen LogP contribution in [0.15, 0.2) is 18.2 Å². The molecule has 0 fully saturated rings. The Balaban J connectivity index is 2.62. The number of thioether (sulfide) groups is 1. The first-order valence-corrected chi connectivity index (χ1v) is 7.65. The second-order valence-electron chi connectivity index (χ2n) is 4.52. The molecule has 1 atom stereocenters. The average molecular weight is 296 g/mol. The maximum atomic E-state index is 11.7. The Morgan fingerprint density at radius 2 is 2.10 bits per heavy atom. The second-order valence-corrected chi connectivity index (χ2v) is 5.79. The number of benzene rings is 1. The summed E-state index contributed by atoms with van der Waals surface area (Å²) in [6.45, 7) is 4.35. The van der Waals surface area contributed by atoms with Crippen molar-refractivity contribution >= 4 is 29.4 Å². The lowest BCUT2D eigenvalue weighted by Crippen LogP contribution is -2.31. The maximum Gasteiger partial charge on any atom is 0.338 e. The maximum absolute atomic E-state index is 11.7. The van der Waals surface area contributed by atoms with Crippen LogP contribution < -0.4 is 10.6 Å². The van der Waals surface area contributed by atoms with Gasteiger partial charge in [0.1, 0.15) is 0 Å². The molecule has 0 bridgehead atoms. The topological polar surface area (TPSA) is 78.4 Å². The Hall–Kier alpha value is -1.69. The van der Waals surface area contributed by atoms with Crippen molar-refractivity contribution in [3.8, 4) is 0 Å². The normalized spacial score (nSPS) is 11.8. The summed E-state index contributed by atoms with van der Waals surface area (Å²) in [6, 6.07) is 4.62. The van der Waals surface area contributed by atoms with Gasteiger partial charge >= 0.3 is 12.0 Å². The molecule has 0 aliphatic heterocycles. The molecule has 0 spiro atoms. The van der Waals surface area contributed by atoms with Gasteiger partial charge in [-0.05, 0) is 31.2 Å². The Morgan fingerprint density at radius 3 is 2.70 bits per heavy atom. The number of nitrogens with one attached hydrogen (secondary N) is 2. The van der Waals surface area contributed by atoms with Gasteiger partial charge in [-0.25, -0.2) is 9.59 Å². The fourth-order valence-electron chi connectivity index (χ4n) is 1.73. The minimum atomic E-state index is -1.05. The second kappa shape index (κ2) is 7.79. The quantitative estimate of drug-likeness (QED) is 0.754. The van der Waals surface area contributed by atoms with Crippen molar-refractivity contribution in [1.29, 1.82) is 0 Å². The molecule has 1 rings (SSSR count). The van der Waals surface area contributed by atoms with Crippen molar-refractivity contribution in [3.63, 3.8) is 0 Å². The number of hydrogen-bond acceptors (Lipinski definition) is 3. The first kappa shape index (κ1) is 16.4. The molecule has 0 aromatic heterocycles. The molecular formula is C14H20N2O3S. The number of rotatable bonds is 6. The summed E-state index contributed by atoms with van der Waals surface area (Å²) in [5.74, 6) is -1.05. The summed E-state index contributed by atoms with van der Waals surface area (Å²) in [6.07, 6.45) is 2.89. The average Bonchev–Trinajstić information content (AvgIpc) is 2.38. The van der Waals surface area contributed by atoms with Crippen LogP contribution in [0.25, 0.3) is 0 Å². The molecule has 0 saturated heterocycles. The Kier molecular flexibility index (Phi) is 6.38. The minimum Gasteiger partial charge on any atom is -0.478 e. The lowest BCUT2D eigenvalue weighted by atomic mass is 10.1. The van der Waals surface area contributed by atoms with Crippen LogP contribution in [0.3, 0.4) is 0 Å². The number of carboxylic acids is 1. The smallest absolute Gasteiger partial charge is 0.338 e. The number of carboxylic acid groups (broad SMARTS) is 1. The number of amides is 2. The highest BCUT2D eigenvalue weighted by Crippen LogP contribution is 2.19. The molecular weight excluding hydrogens is 276 g/mol. The van der Waals surface area contributed by atoms with Crippen molar-refractivity contribution < 1.29 is 14.7 Å². The third kappa shape index (κ3) is 4.77. The van der Waals surface area contributed by atoms with Crippen LogP contribution in [0.4, 0.5) is 10.5 Å². The van der Waals surface area contributed by atoms with Gasteiger partial charge in [-0.2, -0.15) is 11.8 Å². The number of hydrogen-bond donors (Lipinski definition) is 3. The molecule has 5 nitrogen and oxygen atoms in total. The number of anilines is 1. The van der Waals surface area contributed by atoms with Gasteiger partial charge in [0, 0.05) is 11.8 Å². The standard InChI is InChI=1S/C14H20N2O3S/c1-9-5-4-6-11(12(9)13(17)18)16-14(19)15-8-7-10(2)20-3/h4-6,10H,7-8H2,1-3H3,(H,17,18)(H2,15,16,19). The van der Waals surface area contributed by atoms with Crippen molar-refractivity contribution in [2.45, 2.75) is 25.5 Å². The van der Waals surface area contributed by atoms with Gasteiger partial charge in [-0.1, -0.05) is 19.1 Å². The summed E-state index contributed by atoms with van der Waals surface area (Å²) in [5, 5.41) is 15.0. The van der Waals surface area contributed by atoms with Crippen LogP contribution in [0.5, 0.6) is 0 Å². The fraction of sp³-hybridized carbons (Fsp3) is 0.429. The highest BCUT2D eigenvalue weighted by molar-refractivity contribution is 7.99. The molecule has 1 aromatic carbocycles. The van der Waals surface area contributed by atoms with E-state index in [1.54, 1.807) is 36.9 Å². The summed E-state index contributed by atoms with van der Waals surface area (Å²) in [5.41, 5.74) is 1.05. The molecule has 3 N–H and O–H groups in total. The molecule has 20 heavy (non-hydrogen) atoms. The van der Waals surface area contributed by atoms with E-state index in [9.17, 15) is 9.59 Å². The predicted molar refractivity (Wildman–Crippen MR) is 82.8 cm³/mol. The summed E-state index contributed by atoms with van der Waals surface area (Å²) < 4.78 is 0. The molecule has 1 aromatic rings. The van der Waals surface area contributed by atoms with E-state index in [0.29, 0.717) is 23.0 Å². The van der Waals surface area contributed by atoms with E-state index in [2.05, 4.69) is 17.6 Å². The summed E-state index contributed by atoms with van der Waals surface area (Å²) >= 11 is 1.74. The SMILES string of the molecule is CSC(C)CCNC(=O)Nc1cccc(C)c1C(=O)O. The van der Waals surface area contributed by atoms with Crippen LogP contribution in [-0.4, -0.2) is 35.2 Å². The van der Waals surface area contributed by atoms with Crippen molar-refractivity contribution in [3.05, 3.63) is 29.3 Å². The van der Waals surface area contributed by atoms with Crippen molar-refractivity contribution in [2.24, 2.45) is 0 Å². The fourth-order valence-corrected chi connectivity index (χ4v) is 2.08. The molecule has 2 amide bonds. The number of urea groups is 1. The third-order valence-corrected chi connectivity index (χ3v) is 4.01. The summed E-state index contributed by atoms with van der Waals surface area (Å²) in [7, 11) is 0. The zero-order valence-corrected chi connectivity index (χ0v) is 12.7. The van der Waals surface area contributed by atoms with Crippen LogP contribution in [0, 0.1) is 6.92 Å². The monoisotopic (exact) mass is 296 g/mol. The predicted octanol–water partition coefficient (Wildman–Crippen LogP) is 2.96. The van der Waals surface area contributed by atoms with Gasteiger partial charge in [0.05, 0.1) is 11.3 Å². The van der Waals surface area contributed by atoms with Gasteiger partial charge in [-0.15, -0.1) is 0 Å². The largest absolute Gasteiger partial charge is 0.478 e. The zero-order chi connectivity index (χ0) is 15.1. The lowest BCUT2D eigenvalue weighted by Gasteiger charge is -2.12. The van der Waals surface area contributed by atoms with Crippen LogP contribution in [0.2, 0.25) is 0 Å². The van der Waals surface area contributed by atoms with Gasteiger partial charge in [0.15, 0.2) is 0 Å². The lowest BCUT2D eigenvalue weighted by molar-refractivity contribution is 0.0697. The number of aryl methyl sites for hydroxylation is 1. The third-order valence-electron chi connectivity index (χ3n) is 2.97. The van der Waals surface area contributed by atoms with E-state index in [4.69, 9.17) is 5.11 Å². The van der Waals surface area contributed by atoms with E-state index in [1.807, 2.05) is 6.26 Å². The number of carbonyl (C=O) groups is 2. The molecule has 110 valence electrons. The van der Waals surface area contributed by atoms with Gasteiger partial charge in [0.25, 0.3) is 0 Å². The highest BCUT2D eigenvalue weighted by Gasteiger charge is 2.14. The molecule has 0 heterocycles. The van der Waals surface area contributed by atoms with Crippen LogP contribution >= 0.6 is 11.8 Å². The first-order valence-electron chi connectivity index (χ1n) is 6.36. The first-order chi connectivity index (χ1) is 9.45. The molecule has 0 saturated carbocycles. The zero-order valence-electron chi connectivity index (χ0n) is 11.9. The van der Waals surface area contributed by atoms with Gasteiger partial charge < -0.3 is 15.7 Å². The number of carbonyl (C=O) groups excluding carboxylic acids is 1. The van der Waals surface area contributed by atoms with E-state index >= 15 is 0 Å². The van der Waals surface area contributed by atoms with E-state index < -0.39 is 5.97 Å². The molecule has 0 radical (unpaired) electrons. The van der Waals surface area contributed by atoms with Crippen LogP contribution in [-0.2, 0) is 0 Å². The van der Waals surface area contributed by atoms with E-state index in [-0.39, 0.29) is 11.6 Å². The van der Waals surface area contributed by atoms with E-state index in [1.165, 1.54) is 0 Å². The Bertz CT molecular complexity index is 491.